The van der Waals surface area contributed by atoms with Crippen molar-refractivity contribution in [3.63, 3.8) is 0 Å². The third kappa shape index (κ3) is 2.31. The molecule has 5 heteroatoms. The van der Waals surface area contributed by atoms with E-state index >= 15 is 0 Å². The van der Waals surface area contributed by atoms with Gasteiger partial charge in [-0.05, 0) is 13.8 Å². The van der Waals surface area contributed by atoms with Crippen LogP contribution in [0.3, 0.4) is 0 Å². The van der Waals surface area contributed by atoms with Crippen LogP contribution in [-0.2, 0) is 14.4 Å². The van der Waals surface area contributed by atoms with Gasteiger partial charge < -0.3 is 9.80 Å². The number of hydrogen-bond donors (Lipinski definition) is 0. The van der Waals surface area contributed by atoms with Gasteiger partial charge in [-0.15, -0.1) is 0 Å². The lowest BCUT2D eigenvalue weighted by Gasteiger charge is -2.32. The number of ketones is 1. The highest BCUT2D eigenvalue weighted by atomic mass is 16.2. The van der Waals surface area contributed by atoms with Crippen molar-refractivity contribution in [2.24, 2.45) is 0 Å². The quantitative estimate of drug-likeness (QED) is 0.600. The van der Waals surface area contributed by atoms with E-state index in [1.807, 2.05) is 6.92 Å². The molecule has 1 rings (SSSR count). The van der Waals surface area contributed by atoms with E-state index in [1.165, 1.54) is 16.7 Å². The van der Waals surface area contributed by atoms with Crippen molar-refractivity contribution in [3.8, 4) is 0 Å². The Hall–Kier alpha value is -1.39. The molecule has 0 aromatic rings. The standard InChI is InChI=1S/C9H14N2O3/c1-3-10-5-9(14)11(4-7(2)12)6-8(10)13/h3-6H2,1-2H3. The number of carbonyl (C=O) groups excluding carboxylic acids is 3. The first-order valence-electron chi connectivity index (χ1n) is 4.59. The molecule has 2 amide bonds. The van der Waals surface area contributed by atoms with E-state index in [9.17, 15) is 14.4 Å². The third-order valence-corrected chi connectivity index (χ3v) is 2.15. The van der Waals surface area contributed by atoms with Crippen molar-refractivity contribution in [1.29, 1.82) is 0 Å². The maximum atomic E-state index is 11.4. The van der Waals surface area contributed by atoms with Crippen molar-refractivity contribution < 1.29 is 14.4 Å². The maximum absolute atomic E-state index is 11.4. The molecule has 0 N–H and O–H groups in total. The molecule has 78 valence electrons. The van der Waals surface area contributed by atoms with Crippen LogP contribution in [-0.4, -0.2) is 53.6 Å². The van der Waals surface area contributed by atoms with Gasteiger partial charge in [-0.1, -0.05) is 0 Å². The Labute approximate surface area is 82.7 Å². The molecule has 0 spiro atoms. The predicted octanol–water partition coefficient (Wildman–Crippen LogP) is -0.734. The minimum atomic E-state index is -0.151. The largest absolute Gasteiger partial charge is 0.332 e. The number of carbonyl (C=O) groups is 3. The molecule has 0 aromatic carbocycles. The van der Waals surface area contributed by atoms with Gasteiger partial charge in [0, 0.05) is 6.54 Å². The molecule has 0 atom stereocenters. The first-order valence-corrected chi connectivity index (χ1v) is 4.59. The zero-order chi connectivity index (χ0) is 10.7. The van der Waals surface area contributed by atoms with Crippen LogP contribution in [0.2, 0.25) is 0 Å². The molecule has 0 aliphatic carbocycles. The molecular weight excluding hydrogens is 184 g/mol. The molecular formula is C9H14N2O3. The average molecular weight is 198 g/mol. The van der Waals surface area contributed by atoms with Crippen LogP contribution < -0.4 is 0 Å². The molecule has 0 saturated carbocycles. The SMILES string of the molecule is CCN1CC(=O)N(CC(C)=O)CC1=O. The lowest BCUT2D eigenvalue weighted by molar-refractivity contribution is -0.150. The fourth-order valence-electron chi connectivity index (χ4n) is 1.40. The van der Waals surface area contributed by atoms with Gasteiger partial charge in [0.1, 0.15) is 12.3 Å². The molecule has 14 heavy (non-hydrogen) atoms. The Morgan fingerprint density at radius 3 is 2.21 bits per heavy atom. The van der Waals surface area contributed by atoms with Crippen molar-refractivity contribution in [2.45, 2.75) is 13.8 Å². The van der Waals surface area contributed by atoms with Gasteiger partial charge in [0.05, 0.1) is 13.1 Å². The summed E-state index contributed by atoms with van der Waals surface area (Å²) >= 11 is 0. The number of amides is 2. The van der Waals surface area contributed by atoms with Gasteiger partial charge in [0.25, 0.3) is 0 Å². The predicted molar refractivity (Wildman–Crippen MR) is 49.5 cm³/mol. The van der Waals surface area contributed by atoms with E-state index in [0.29, 0.717) is 6.54 Å². The monoisotopic (exact) mass is 198 g/mol. The van der Waals surface area contributed by atoms with Crippen LogP contribution in [0.5, 0.6) is 0 Å². The Kier molecular flexibility index (Phi) is 3.22. The maximum Gasteiger partial charge on any atom is 0.243 e. The smallest absolute Gasteiger partial charge is 0.243 e. The van der Waals surface area contributed by atoms with Crippen LogP contribution in [0.4, 0.5) is 0 Å². The summed E-state index contributed by atoms with van der Waals surface area (Å²) in [5.41, 5.74) is 0. The molecule has 1 fully saturated rings. The minimum absolute atomic E-state index is 0.0340. The second kappa shape index (κ2) is 4.21. The van der Waals surface area contributed by atoms with Crippen LogP contribution in [0, 0.1) is 0 Å². The lowest BCUT2D eigenvalue weighted by atomic mass is 10.2. The minimum Gasteiger partial charge on any atom is -0.332 e. The second-order valence-electron chi connectivity index (χ2n) is 3.36. The summed E-state index contributed by atoms with van der Waals surface area (Å²) in [4.78, 5) is 36.4. The summed E-state index contributed by atoms with van der Waals surface area (Å²) in [6, 6.07) is 0. The summed E-state index contributed by atoms with van der Waals surface area (Å²) in [5, 5.41) is 0. The first kappa shape index (κ1) is 10.7. The van der Waals surface area contributed by atoms with E-state index in [4.69, 9.17) is 0 Å². The van der Waals surface area contributed by atoms with E-state index in [1.54, 1.807) is 0 Å². The van der Waals surface area contributed by atoms with Crippen LogP contribution in [0.1, 0.15) is 13.8 Å². The normalized spacial score (nSPS) is 17.6. The third-order valence-electron chi connectivity index (χ3n) is 2.15. The summed E-state index contributed by atoms with van der Waals surface area (Å²) in [7, 11) is 0. The van der Waals surface area contributed by atoms with Gasteiger partial charge in [0.2, 0.25) is 11.8 Å². The number of rotatable bonds is 3. The van der Waals surface area contributed by atoms with Gasteiger partial charge in [-0.25, -0.2) is 0 Å². The lowest BCUT2D eigenvalue weighted by Crippen LogP contribution is -2.54. The van der Waals surface area contributed by atoms with E-state index in [0.717, 1.165) is 0 Å². The van der Waals surface area contributed by atoms with Crippen molar-refractivity contribution in [3.05, 3.63) is 0 Å². The number of likely N-dealkylation sites (N-methyl/N-ethyl adjacent to an activating group) is 1. The zero-order valence-corrected chi connectivity index (χ0v) is 8.45. The fraction of sp³-hybridized carbons (Fsp3) is 0.667. The Balaban J connectivity index is 2.62. The Bertz CT molecular complexity index is 275. The van der Waals surface area contributed by atoms with Crippen LogP contribution in [0.15, 0.2) is 0 Å². The number of piperazine rings is 1. The van der Waals surface area contributed by atoms with Gasteiger partial charge >= 0.3 is 0 Å². The number of nitrogens with zero attached hydrogens (tertiary/aromatic N) is 2. The first-order chi connectivity index (χ1) is 6.54. The summed E-state index contributed by atoms with van der Waals surface area (Å²) < 4.78 is 0. The second-order valence-corrected chi connectivity index (χ2v) is 3.36. The number of hydrogen-bond acceptors (Lipinski definition) is 3. The molecule has 0 aromatic heterocycles. The van der Waals surface area contributed by atoms with Gasteiger partial charge in [-0.2, -0.15) is 0 Å². The topological polar surface area (TPSA) is 57.7 Å². The van der Waals surface area contributed by atoms with Gasteiger partial charge in [0.15, 0.2) is 0 Å². The highest BCUT2D eigenvalue weighted by Gasteiger charge is 2.28. The van der Waals surface area contributed by atoms with Crippen molar-refractivity contribution >= 4 is 17.6 Å². The molecule has 0 unspecified atom stereocenters. The van der Waals surface area contributed by atoms with Gasteiger partial charge in [-0.3, -0.25) is 14.4 Å². The Morgan fingerprint density at radius 2 is 1.71 bits per heavy atom. The van der Waals surface area contributed by atoms with E-state index in [-0.39, 0.29) is 37.2 Å². The van der Waals surface area contributed by atoms with Crippen molar-refractivity contribution in [1.82, 2.24) is 9.80 Å². The fourth-order valence-corrected chi connectivity index (χ4v) is 1.40. The average Bonchev–Trinajstić information content (AvgIpc) is 2.10. The molecule has 5 nitrogen and oxygen atoms in total. The number of Topliss-reactive ketones (excluding diaryl/α,β-unsaturated/α-hetero) is 1. The molecule has 1 aliphatic rings. The molecule has 1 aliphatic heterocycles. The molecule has 1 saturated heterocycles. The Morgan fingerprint density at radius 1 is 1.21 bits per heavy atom. The highest BCUT2D eigenvalue weighted by Crippen LogP contribution is 2.04. The molecule has 0 bridgehead atoms. The summed E-state index contributed by atoms with van der Waals surface area (Å²) in [5.74, 6) is -0.342. The summed E-state index contributed by atoms with van der Waals surface area (Å²) in [6.45, 7) is 3.95. The zero-order valence-electron chi connectivity index (χ0n) is 8.45. The van der Waals surface area contributed by atoms with Crippen LogP contribution in [0.25, 0.3) is 0 Å². The molecule has 0 radical (unpaired) electrons. The van der Waals surface area contributed by atoms with Crippen molar-refractivity contribution in [2.75, 3.05) is 26.2 Å². The van der Waals surface area contributed by atoms with E-state index < -0.39 is 0 Å². The summed E-state index contributed by atoms with van der Waals surface area (Å²) in [6.07, 6.45) is 0. The van der Waals surface area contributed by atoms with E-state index in [2.05, 4.69) is 0 Å². The van der Waals surface area contributed by atoms with Crippen LogP contribution >= 0.6 is 0 Å². The highest BCUT2D eigenvalue weighted by molar-refractivity contribution is 5.94. The molecule has 1 heterocycles.